The summed E-state index contributed by atoms with van der Waals surface area (Å²) in [5.41, 5.74) is 3.11. The Morgan fingerprint density at radius 2 is 2.25 bits per heavy atom. The van der Waals surface area contributed by atoms with Crippen molar-refractivity contribution in [2.45, 2.75) is 37.8 Å². The van der Waals surface area contributed by atoms with Crippen LogP contribution in [0.4, 0.5) is 5.69 Å². The van der Waals surface area contributed by atoms with Crippen molar-refractivity contribution in [3.63, 3.8) is 0 Å². The molecule has 1 aliphatic carbocycles. The topological polar surface area (TPSA) is 95.0 Å². The van der Waals surface area contributed by atoms with Gasteiger partial charge in [0.2, 0.25) is 11.8 Å². The minimum atomic E-state index is -0.238. The van der Waals surface area contributed by atoms with E-state index in [2.05, 4.69) is 38.4 Å². The number of nitrogens with zero attached hydrogens (tertiary/aromatic N) is 3. The third-order valence-corrected chi connectivity index (χ3v) is 6.46. The number of allylic oxidation sites excluding steroid dienone is 3. The monoisotopic (exact) mass is 490 g/mol. The molecule has 1 fully saturated rings. The molecule has 1 saturated heterocycles. The van der Waals surface area contributed by atoms with Gasteiger partial charge in [0.1, 0.15) is 30.9 Å². The summed E-state index contributed by atoms with van der Waals surface area (Å²) in [5, 5.41) is 2.91. The fourth-order valence-corrected chi connectivity index (χ4v) is 4.79. The predicted molar refractivity (Wildman–Crippen MR) is 135 cm³/mol. The summed E-state index contributed by atoms with van der Waals surface area (Å²) in [6.45, 7) is 1.56. The van der Waals surface area contributed by atoms with Crippen LogP contribution in [0.2, 0.25) is 0 Å². The van der Waals surface area contributed by atoms with Gasteiger partial charge >= 0.3 is 0 Å². The Labute approximate surface area is 210 Å². The Balaban J connectivity index is 1.22. The molecule has 4 heterocycles. The molecule has 3 aliphatic rings. The number of amides is 1. The number of piperidine rings is 1. The smallest absolute Gasteiger partial charge is 0.250 e. The van der Waals surface area contributed by atoms with Crippen LogP contribution >= 0.6 is 0 Å². The molecule has 1 N–H and O–H groups in total. The average molecular weight is 491 g/mol. The third kappa shape index (κ3) is 5.58. The van der Waals surface area contributed by atoms with E-state index in [0.717, 1.165) is 38.0 Å². The highest BCUT2D eigenvalue weighted by atomic mass is 16.5. The summed E-state index contributed by atoms with van der Waals surface area (Å²) in [7, 11) is 1.55. The van der Waals surface area contributed by atoms with Crippen LogP contribution in [-0.4, -0.2) is 59.7 Å². The summed E-state index contributed by atoms with van der Waals surface area (Å²) in [6, 6.07) is 5.25. The minimum Gasteiger partial charge on any atom is -0.481 e. The molecule has 0 saturated carbocycles. The Bertz CT molecular complexity index is 1220. The van der Waals surface area contributed by atoms with E-state index in [1.165, 1.54) is 11.8 Å². The number of rotatable bonds is 8. The van der Waals surface area contributed by atoms with Gasteiger partial charge in [0, 0.05) is 18.8 Å². The zero-order valence-corrected chi connectivity index (χ0v) is 20.3. The number of hydrogen-bond acceptors (Lipinski definition) is 8. The zero-order valence-electron chi connectivity index (χ0n) is 20.3. The van der Waals surface area contributed by atoms with E-state index in [4.69, 9.17) is 18.9 Å². The second kappa shape index (κ2) is 11.4. The third-order valence-electron chi connectivity index (χ3n) is 6.46. The largest absolute Gasteiger partial charge is 0.481 e. The van der Waals surface area contributed by atoms with Crippen LogP contribution in [0.1, 0.15) is 25.7 Å². The molecule has 5 rings (SSSR count). The molecular formula is C27H30N4O5. The van der Waals surface area contributed by atoms with Crippen LogP contribution < -0.4 is 10.1 Å². The number of methoxy groups -OCH3 is 1. The van der Waals surface area contributed by atoms with E-state index in [-0.39, 0.29) is 24.7 Å². The second-order valence-electron chi connectivity index (χ2n) is 8.86. The van der Waals surface area contributed by atoms with E-state index in [9.17, 15) is 4.79 Å². The molecule has 9 heteroatoms. The number of hydrogen-bond donors (Lipinski definition) is 1. The first-order chi connectivity index (χ1) is 17.7. The molecule has 1 amide bonds. The maximum Gasteiger partial charge on any atom is 0.250 e. The second-order valence-corrected chi connectivity index (χ2v) is 8.86. The van der Waals surface area contributed by atoms with Crippen LogP contribution in [-0.2, 0) is 19.0 Å². The van der Waals surface area contributed by atoms with E-state index < -0.39 is 0 Å². The first kappa shape index (κ1) is 24.0. The predicted octanol–water partition coefficient (Wildman–Crippen LogP) is 4.06. The van der Waals surface area contributed by atoms with E-state index in [1.54, 1.807) is 38.0 Å². The number of pyridine rings is 2. The van der Waals surface area contributed by atoms with Crippen LogP contribution in [0.5, 0.6) is 5.88 Å². The minimum absolute atomic E-state index is 0.0237. The highest BCUT2D eigenvalue weighted by Crippen LogP contribution is 2.30. The van der Waals surface area contributed by atoms with Gasteiger partial charge < -0.3 is 24.3 Å². The van der Waals surface area contributed by atoms with Crippen molar-refractivity contribution in [2.75, 3.05) is 32.1 Å². The first-order valence-electron chi connectivity index (χ1n) is 12.2. The van der Waals surface area contributed by atoms with Gasteiger partial charge in [-0.2, -0.15) is 0 Å². The number of anilines is 1. The quantitative estimate of drug-likeness (QED) is 0.592. The van der Waals surface area contributed by atoms with E-state index in [0.29, 0.717) is 29.1 Å². The Kier molecular flexibility index (Phi) is 7.58. The van der Waals surface area contributed by atoms with Crippen molar-refractivity contribution in [1.82, 2.24) is 14.9 Å². The van der Waals surface area contributed by atoms with Gasteiger partial charge in [-0.05, 0) is 49.9 Å². The Morgan fingerprint density at radius 1 is 1.31 bits per heavy atom. The lowest BCUT2D eigenvalue weighted by molar-refractivity contribution is -0.124. The van der Waals surface area contributed by atoms with Crippen molar-refractivity contribution in [2.24, 2.45) is 0 Å². The molecule has 188 valence electrons. The number of fused-ring (bicyclic) bond motifs is 1. The van der Waals surface area contributed by atoms with Crippen LogP contribution in [0, 0.1) is 0 Å². The molecule has 36 heavy (non-hydrogen) atoms. The number of ether oxygens (including phenoxy) is 4. The van der Waals surface area contributed by atoms with Crippen molar-refractivity contribution < 1.29 is 23.7 Å². The summed E-state index contributed by atoms with van der Waals surface area (Å²) in [5.74, 6) is 0.989. The van der Waals surface area contributed by atoms with Crippen LogP contribution in [0.3, 0.4) is 0 Å². The number of likely N-dealkylation sites (tertiary alicyclic amines) is 1. The standard InChI is InChI=1S/C27H30N4O5/c1-33-25-10-9-21-26(30-25)22(11-12-28-21)29-24(32)18-36-20-8-5-13-31(16-20)27(19-6-3-2-4-7-19)23-17-34-14-15-35-23/h2-3,6,9-12,14-15,17,20,27H,4-5,7-8,13,16,18H2,1H3,(H,28,29,32). The molecule has 2 atom stereocenters. The lowest BCUT2D eigenvalue weighted by atomic mass is 9.93. The van der Waals surface area contributed by atoms with Crippen molar-refractivity contribution in [3.8, 4) is 5.88 Å². The molecule has 2 aromatic rings. The Hall–Kier alpha value is -3.69. The molecule has 0 aromatic carbocycles. The number of carbonyl (C=O) groups excluding carboxylic acids is 1. The molecule has 2 aromatic heterocycles. The van der Waals surface area contributed by atoms with Gasteiger partial charge in [0.15, 0.2) is 5.76 Å². The summed E-state index contributed by atoms with van der Waals surface area (Å²) >= 11 is 0. The zero-order chi connectivity index (χ0) is 24.7. The lowest BCUT2D eigenvalue weighted by Gasteiger charge is -2.40. The highest BCUT2D eigenvalue weighted by molar-refractivity contribution is 5.99. The summed E-state index contributed by atoms with van der Waals surface area (Å²) in [6.07, 6.45) is 16.6. The van der Waals surface area contributed by atoms with Gasteiger partial charge in [-0.15, -0.1) is 0 Å². The van der Waals surface area contributed by atoms with Gasteiger partial charge in [-0.3, -0.25) is 14.7 Å². The molecule has 0 spiro atoms. The summed E-state index contributed by atoms with van der Waals surface area (Å²) in [4.78, 5) is 23.9. The highest BCUT2D eigenvalue weighted by Gasteiger charge is 2.33. The van der Waals surface area contributed by atoms with E-state index >= 15 is 0 Å². The molecular weight excluding hydrogens is 460 g/mol. The van der Waals surface area contributed by atoms with Gasteiger partial charge in [0.25, 0.3) is 0 Å². The maximum atomic E-state index is 12.8. The summed E-state index contributed by atoms with van der Waals surface area (Å²) < 4.78 is 22.5. The van der Waals surface area contributed by atoms with Crippen molar-refractivity contribution in [3.05, 3.63) is 72.7 Å². The lowest BCUT2D eigenvalue weighted by Crippen LogP contribution is -2.48. The molecule has 9 nitrogen and oxygen atoms in total. The van der Waals surface area contributed by atoms with Crippen molar-refractivity contribution >= 4 is 22.6 Å². The maximum absolute atomic E-state index is 12.8. The molecule has 2 unspecified atom stereocenters. The number of aromatic nitrogens is 2. The van der Waals surface area contributed by atoms with E-state index in [1.807, 2.05) is 6.07 Å². The Morgan fingerprint density at radius 3 is 3.06 bits per heavy atom. The SMILES string of the molecule is COc1ccc2nccc(NC(=O)COC3CCCN(C(C4=CC=CCC4)C4=COC=CO4)C3)c2n1. The van der Waals surface area contributed by atoms with Crippen LogP contribution in [0.25, 0.3) is 11.0 Å². The van der Waals surface area contributed by atoms with Gasteiger partial charge in [-0.25, -0.2) is 4.98 Å². The fraction of sp³-hybridized carbons (Fsp3) is 0.370. The fourth-order valence-electron chi connectivity index (χ4n) is 4.79. The number of nitrogens with one attached hydrogen (secondary N) is 1. The average Bonchev–Trinajstić information content (AvgIpc) is 2.93. The first-order valence-corrected chi connectivity index (χ1v) is 12.2. The molecule has 0 bridgehead atoms. The number of carbonyl (C=O) groups is 1. The molecule has 0 radical (unpaired) electrons. The van der Waals surface area contributed by atoms with Crippen molar-refractivity contribution in [1.29, 1.82) is 0 Å². The van der Waals surface area contributed by atoms with Gasteiger partial charge in [-0.1, -0.05) is 18.2 Å². The van der Waals surface area contributed by atoms with Gasteiger partial charge in [0.05, 0.1) is 30.5 Å². The normalized spacial score (nSPS) is 20.6. The van der Waals surface area contributed by atoms with Crippen LogP contribution in [0.15, 0.2) is 72.7 Å². The molecule has 2 aliphatic heterocycles.